The van der Waals surface area contributed by atoms with Gasteiger partial charge in [0.1, 0.15) is 0 Å². The molecule has 0 spiro atoms. The Morgan fingerprint density at radius 1 is 1.00 bits per heavy atom. The third kappa shape index (κ3) is 4.08. The van der Waals surface area contributed by atoms with Crippen LogP contribution in [0.3, 0.4) is 0 Å². The van der Waals surface area contributed by atoms with Crippen molar-refractivity contribution in [3.63, 3.8) is 0 Å². The summed E-state index contributed by atoms with van der Waals surface area (Å²) in [4.78, 5) is 14.3. The lowest BCUT2D eigenvalue weighted by atomic mass is 9.95. The smallest absolute Gasteiger partial charge is 0.261 e. The number of nitrogens with zero attached hydrogens (tertiary/aromatic N) is 2. The Bertz CT molecular complexity index is 1140. The van der Waals surface area contributed by atoms with Crippen molar-refractivity contribution in [1.82, 2.24) is 0 Å². The summed E-state index contributed by atoms with van der Waals surface area (Å²) in [5.74, 6) is -0.823. The van der Waals surface area contributed by atoms with Crippen LogP contribution in [-0.2, 0) is 24.8 Å². The zero-order valence-corrected chi connectivity index (χ0v) is 18.2. The number of carbonyl (C=O) groups is 1. The van der Waals surface area contributed by atoms with E-state index in [2.05, 4.69) is 4.72 Å². The summed E-state index contributed by atoms with van der Waals surface area (Å²) in [7, 11) is -3.89. The van der Waals surface area contributed by atoms with Crippen LogP contribution in [0.25, 0.3) is 0 Å². The summed E-state index contributed by atoms with van der Waals surface area (Å²) in [6.45, 7) is 3.13. The van der Waals surface area contributed by atoms with E-state index in [-0.39, 0.29) is 16.3 Å². The van der Waals surface area contributed by atoms with Crippen molar-refractivity contribution in [1.29, 1.82) is 0 Å². The molecule has 0 aliphatic carbocycles. The van der Waals surface area contributed by atoms with E-state index in [0.29, 0.717) is 5.69 Å². The monoisotopic (exact) mass is 437 g/mol. The number of benzene rings is 2. The molecule has 1 aliphatic heterocycles. The van der Waals surface area contributed by atoms with Crippen LogP contribution < -0.4 is 13.9 Å². The number of amides is 1. The maximum atomic E-state index is 12.6. The SMILES string of the molecule is CN(C)c1ccc(NS(=O)(=O)c2ccc(N3C(=O)C(C)(C)CS3(=O)=O)cc2)cc1. The van der Waals surface area contributed by atoms with Gasteiger partial charge in [0.05, 0.1) is 21.8 Å². The second kappa shape index (κ2) is 7.03. The molecule has 156 valence electrons. The molecule has 29 heavy (non-hydrogen) atoms. The molecule has 1 saturated heterocycles. The fourth-order valence-corrected chi connectivity index (χ4v) is 6.23. The van der Waals surface area contributed by atoms with Crippen molar-refractivity contribution in [2.24, 2.45) is 5.41 Å². The summed E-state index contributed by atoms with van der Waals surface area (Å²) in [6, 6.07) is 12.1. The van der Waals surface area contributed by atoms with Gasteiger partial charge in [0, 0.05) is 25.5 Å². The van der Waals surface area contributed by atoms with E-state index in [1.165, 1.54) is 24.3 Å². The minimum atomic E-state index is -3.87. The number of sulfonamides is 2. The number of anilines is 3. The standard InChI is InChI=1S/C19H23N3O5S2/c1-19(2)13-28(24,25)22(18(19)23)16-9-11-17(12-10-16)29(26,27)20-14-5-7-15(8-6-14)21(3)4/h5-12,20H,13H2,1-4H3. The normalized spacial score (nSPS) is 17.9. The lowest BCUT2D eigenvalue weighted by molar-refractivity contribution is -0.123. The van der Waals surface area contributed by atoms with Gasteiger partial charge >= 0.3 is 0 Å². The average Bonchev–Trinajstić information content (AvgIpc) is 2.78. The summed E-state index contributed by atoms with van der Waals surface area (Å²) >= 11 is 0. The predicted octanol–water partition coefficient (Wildman–Crippen LogP) is 2.26. The highest BCUT2D eigenvalue weighted by atomic mass is 32.2. The molecule has 0 saturated carbocycles. The Hall–Kier alpha value is -2.59. The summed E-state index contributed by atoms with van der Waals surface area (Å²) in [6.07, 6.45) is 0. The quantitative estimate of drug-likeness (QED) is 0.769. The number of rotatable bonds is 5. The van der Waals surface area contributed by atoms with Gasteiger partial charge in [-0.15, -0.1) is 0 Å². The van der Waals surface area contributed by atoms with Crippen LogP contribution in [0.1, 0.15) is 13.8 Å². The number of hydrogen-bond donors (Lipinski definition) is 1. The van der Waals surface area contributed by atoms with E-state index < -0.39 is 31.4 Å². The minimum Gasteiger partial charge on any atom is -0.378 e. The zero-order chi connectivity index (χ0) is 21.6. The number of carbonyl (C=O) groups excluding carboxylic acids is 1. The highest BCUT2D eigenvalue weighted by Gasteiger charge is 2.49. The molecule has 1 heterocycles. The second-order valence-corrected chi connectivity index (χ2v) is 11.3. The fraction of sp³-hybridized carbons (Fsp3) is 0.316. The van der Waals surface area contributed by atoms with Gasteiger partial charge in [0.25, 0.3) is 10.0 Å². The van der Waals surface area contributed by atoms with Crippen LogP contribution in [0.15, 0.2) is 53.4 Å². The van der Waals surface area contributed by atoms with Gasteiger partial charge in [-0.3, -0.25) is 9.52 Å². The van der Waals surface area contributed by atoms with Crippen LogP contribution in [0.4, 0.5) is 17.1 Å². The molecule has 1 aliphatic rings. The minimum absolute atomic E-state index is 0.0405. The van der Waals surface area contributed by atoms with Gasteiger partial charge in [0.2, 0.25) is 15.9 Å². The van der Waals surface area contributed by atoms with Crippen LogP contribution >= 0.6 is 0 Å². The lowest BCUT2D eigenvalue weighted by Crippen LogP contribution is -2.32. The first-order chi connectivity index (χ1) is 13.3. The van der Waals surface area contributed by atoms with Crippen LogP contribution in [0.2, 0.25) is 0 Å². The van der Waals surface area contributed by atoms with E-state index in [0.717, 1.165) is 9.99 Å². The van der Waals surface area contributed by atoms with E-state index in [9.17, 15) is 21.6 Å². The highest BCUT2D eigenvalue weighted by molar-refractivity contribution is 7.94. The van der Waals surface area contributed by atoms with Gasteiger partial charge in [-0.1, -0.05) is 0 Å². The molecule has 2 aromatic rings. The summed E-state index contributed by atoms with van der Waals surface area (Å²) in [5, 5.41) is 0. The number of hydrogen-bond acceptors (Lipinski definition) is 6. The van der Waals surface area contributed by atoms with Crippen molar-refractivity contribution >= 4 is 43.0 Å². The van der Waals surface area contributed by atoms with Crippen molar-refractivity contribution < 1.29 is 21.6 Å². The average molecular weight is 438 g/mol. The molecule has 1 N–H and O–H groups in total. The molecule has 0 unspecified atom stereocenters. The summed E-state index contributed by atoms with van der Waals surface area (Å²) in [5.41, 5.74) is 0.425. The van der Waals surface area contributed by atoms with Crippen molar-refractivity contribution in [3.05, 3.63) is 48.5 Å². The molecule has 10 heteroatoms. The maximum absolute atomic E-state index is 12.6. The van der Waals surface area contributed by atoms with Gasteiger partial charge in [-0.2, -0.15) is 0 Å². The van der Waals surface area contributed by atoms with Crippen LogP contribution in [0.5, 0.6) is 0 Å². The Morgan fingerprint density at radius 2 is 1.55 bits per heavy atom. The Kier molecular flexibility index (Phi) is 5.12. The molecule has 3 rings (SSSR count). The molecule has 0 bridgehead atoms. The Morgan fingerprint density at radius 3 is 2.00 bits per heavy atom. The van der Waals surface area contributed by atoms with E-state index in [1.807, 2.05) is 19.0 Å². The van der Waals surface area contributed by atoms with Crippen molar-refractivity contribution in [2.75, 3.05) is 33.8 Å². The van der Waals surface area contributed by atoms with Crippen molar-refractivity contribution in [3.8, 4) is 0 Å². The predicted molar refractivity (Wildman–Crippen MR) is 113 cm³/mol. The van der Waals surface area contributed by atoms with E-state index in [1.54, 1.807) is 38.1 Å². The first-order valence-corrected chi connectivity index (χ1v) is 11.9. The third-order valence-electron chi connectivity index (χ3n) is 4.60. The fourth-order valence-electron chi connectivity index (χ4n) is 3.06. The van der Waals surface area contributed by atoms with Gasteiger partial charge in [0.15, 0.2) is 0 Å². The zero-order valence-electron chi connectivity index (χ0n) is 16.6. The highest BCUT2D eigenvalue weighted by Crippen LogP contribution is 2.36. The van der Waals surface area contributed by atoms with E-state index in [4.69, 9.17) is 0 Å². The first kappa shape index (κ1) is 21.1. The molecule has 8 nitrogen and oxygen atoms in total. The lowest BCUT2D eigenvalue weighted by Gasteiger charge is -2.18. The van der Waals surface area contributed by atoms with E-state index >= 15 is 0 Å². The first-order valence-electron chi connectivity index (χ1n) is 8.81. The maximum Gasteiger partial charge on any atom is 0.261 e. The summed E-state index contributed by atoms with van der Waals surface area (Å²) < 4.78 is 53.2. The molecule has 0 atom stereocenters. The van der Waals surface area contributed by atoms with Crippen LogP contribution in [0, 0.1) is 5.41 Å². The second-order valence-electron chi connectivity index (χ2n) is 7.75. The largest absolute Gasteiger partial charge is 0.378 e. The van der Waals surface area contributed by atoms with Gasteiger partial charge < -0.3 is 4.90 Å². The third-order valence-corrected chi connectivity index (χ3v) is 8.02. The Balaban J connectivity index is 1.85. The molecule has 1 amide bonds. The molecular weight excluding hydrogens is 414 g/mol. The number of nitrogens with one attached hydrogen (secondary N) is 1. The van der Waals surface area contributed by atoms with Crippen LogP contribution in [-0.4, -0.2) is 42.6 Å². The molecule has 0 radical (unpaired) electrons. The molecule has 2 aromatic carbocycles. The Labute approximate surface area is 171 Å². The van der Waals surface area contributed by atoms with Gasteiger partial charge in [-0.05, 0) is 62.4 Å². The van der Waals surface area contributed by atoms with Crippen molar-refractivity contribution in [2.45, 2.75) is 18.7 Å². The molecule has 1 fully saturated rings. The molecular formula is C19H23N3O5S2. The molecule has 0 aromatic heterocycles. The van der Waals surface area contributed by atoms with Gasteiger partial charge in [-0.25, -0.2) is 21.1 Å². The topological polar surface area (TPSA) is 104 Å².